The lowest BCUT2D eigenvalue weighted by Gasteiger charge is -2.46. The minimum atomic E-state index is -0.333. The maximum absolute atomic E-state index is 10.4. The van der Waals surface area contributed by atoms with E-state index in [1.807, 2.05) is 18.2 Å². The van der Waals surface area contributed by atoms with E-state index >= 15 is 0 Å². The number of rotatable bonds is 10. The van der Waals surface area contributed by atoms with Crippen LogP contribution in [0, 0.1) is 34.0 Å². The fourth-order valence-electron chi connectivity index (χ4n) is 7.57. The lowest BCUT2D eigenvalue weighted by molar-refractivity contribution is 0.187. The lowest BCUT2D eigenvalue weighted by atomic mass is 9.70. The van der Waals surface area contributed by atoms with E-state index in [1.165, 1.54) is 12.0 Å². The molecule has 3 fully saturated rings. The molecule has 38 heavy (non-hydrogen) atoms. The van der Waals surface area contributed by atoms with Crippen molar-refractivity contribution in [2.45, 2.75) is 104 Å². The maximum Gasteiger partial charge on any atom is 0.0942 e. The number of likely N-dealkylation sites (tertiary alicyclic amines) is 1. The highest BCUT2D eigenvalue weighted by Gasteiger charge is 2.67. The largest absolute Gasteiger partial charge is 0.366 e. The van der Waals surface area contributed by atoms with Gasteiger partial charge in [0.15, 0.2) is 0 Å². The number of nitrogens with one attached hydrogen (secondary N) is 2. The Morgan fingerprint density at radius 3 is 2.29 bits per heavy atom. The van der Waals surface area contributed by atoms with Crippen LogP contribution in [0.2, 0.25) is 0 Å². The number of nitrogens with zero attached hydrogens (tertiary/aromatic N) is 2. The first-order valence-corrected chi connectivity index (χ1v) is 14.7. The molecule has 0 aromatic heterocycles. The van der Waals surface area contributed by atoms with E-state index in [9.17, 15) is 5.26 Å². The first-order valence-electron chi connectivity index (χ1n) is 14.7. The number of nitriles is 1. The first kappa shape index (κ1) is 28.3. The van der Waals surface area contributed by atoms with Gasteiger partial charge in [-0.2, -0.15) is 5.26 Å². The minimum Gasteiger partial charge on any atom is -0.366 e. The summed E-state index contributed by atoms with van der Waals surface area (Å²) in [6.07, 6.45) is 6.37. The molecule has 2 N–H and O–H groups in total. The zero-order valence-corrected chi connectivity index (χ0v) is 24.7. The number of hydrogen-bond donors (Lipinski definition) is 2. The second-order valence-corrected chi connectivity index (χ2v) is 13.8. The van der Waals surface area contributed by atoms with Gasteiger partial charge in [-0.3, -0.25) is 0 Å². The fraction of sp³-hybridized carbons (Fsp3) is 0.618. The maximum atomic E-state index is 10.4. The van der Waals surface area contributed by atoms with Gasteiger partial charge >= 0.3 is 0 Å². The molecule has 0 bridgehead atoms. The lowest BCUT2D eigenvalue weighted by Crippen LogP contribution is -2.56. The van der Waals surface area contributed by atoms with E-state index in [2.05, 4.69) is 88.4 Å². The van der Waals surface area contributed by atoms with Gasteiger partial charge in [0.1, 0.15) is 0 Å². The van der Waals surface area contributed by atoms with Crippen molar-refractivity contribution in [2.24, 2.45) is 22.7 Å². The summed E-state index contributed by atoms with van der Waals surface area (Å²) < 4.78 is 0. The zero-order valence-electron chi connectivity index (χ0n) is 24.7. The molecule has 2 saturated carbocycles. The molecule has 1 saturated heterocycles. The van der Waals surface area contributed by atoms with Crippen molar-refractivity contribution in [3.8, 4) is 6.07 Å². The smallest absolute Gasteiger partial charge is 0.0942 e. The molecule has 1 aromatic carbocycles. The second-order valence-electron chi connectivity index (χ2n) is 13.8. The Kier molecular flexibility index (Phi) is 7.81. The van der Waals surface area contributed by atoms with Gasteiger partial charge in [-0.05, 0) is 47.5 Å². The van der Waals surface area contributed by atoms with Gasteiger partial charge in [0.05, 0.1) is 35.4 Å². The Bertz CT molecular complexity index is 1080. The van der Waals surface area contributed by atoms with Crippen molar-refractivity contribution >= 4 is 0 Å². The van der Waals surface area contributed by atoms with Crippen molar-refractivity contribution in [3.63, 3.8) is 0 Å². The third kappa shape index (κ3) is 5.14. The molecule has 2 aliphatic carbocycles. The van der Waals surface area contributed by atoms with Crippen LogP contribution < -0.4 is 10.6 Å². The average molecular weight is 515 g/mol. The molecule has 0 amide bonds. The van der Waals surface area contributed by atoms with Gasteiger partial charge in [0, 0.05) is 12.2 Å². The van der Waals surface area contributed by atoms with Crippen LogP contribution in [-0.2, 0) is 0 Å². The first-order chi connectivity index (χ1) is 17.9. The van der Waals surface area contributed by atoms with Crippen LogP contribution in [0.4, 0.5) is 0 Å². The van der Waals surface area contributed by atoms with Gasteiger partial charge in [0.25, 0.3) is 0 Å². The molecule has 4 heteroatoms. The molecular formula is C34H50N4. The van der Waals surface area contributed by atoms with Crippen LogP contribution in [0.3, 0.4) is 0 Å². The van der Waals surface area contributed by atoms with Gasteiger partial charge < -0.3 is 15.5 Å². The molecule has 4 nitrogen and oxygen atoms in total. The number of fused-ring (bicyclic) bond motifs is 1. The highest BCUT2D eigenvalue weighted by molar-refractivity contribution is 5.33. The highest BCUT2D eigenvalue weighted by Crippen LogP contribution is 2.66. The Morgan fingerprint density at radius 1 is 1.11 bits per heavy atom. The summed E-state index contributed by atoms with van der Waals surface area (Å²) in [6, 6.07) is 13.3. The Hall–Kier alpha value is -2.67. The molecule has 5 atom stereocenters. The Morgan fingerprint density at radius 2 is 1.74 bits per heavy atom. The van der Waals surface area contributed by atoms with Crippen LogP contribution in [0.25, 0.3) is 0 Å². The van der Waals surface area contributed by atoms with Crippen LogP contribution >= 0.6 is 0 Å². The van der Waals surface area contributed by atoms with Gasteiger partial charge in [0.2, 0.25) is 0 Å². The summed E-state index contributed by atoms with van der Waals surface area (Å²) in [5.41, 5.74) is 3.49. The van der Waals surface area contributed by atoms with Crippen LogP contribution in [0.1, 0.15) is 91.5 Å². The summed E-state index contributed by atoms with van der Waals surface area (Å²) in [7, 11) is 0. The monoisotopic (exact) mass is 514 g/mol. The number of benzene rings is 1. The van der Waals surface area contributed by atoms with Crippen molar-refractivity contribution in [3.05, 3.63) is 72.7 Å². The van der Waals surface area contributed by atoms with Crippen LogP contribution in [0.5, 0.6) is 0 Å². The quantitative estimate of drug-likeness (QED) is 0.317. The van der Waals surface area contributed by atoms with E-state index in [0.717, 1.165) is 55.7 Å². The van der Waals surface area contributed by atoms with Crippen LogP contribution in [-0.4, -0.2) is 29.1 Å². The SMILES string of the molecule is C=C(NC(C(=C)N1C[C@H]2[C@@H](C1C(=C)CC)C2(C)C)C(C)(C)C)NC1(C(C#N)c2ccccc2)CCCCC1. The summed E-state index contributed by atoms with van der Waals surface area (Å²) in [6.45, 7) is 28.6. The van der Waals surface area contributed by atoms with Crippen molar-refractivity contribution in [1.82, 2.24) is 15.5 Å². The predicted molar refractivity (Wildman–Crippen MR) is 159 cm³/mol. The van der Waals surface area contributed by atoms with E-state index in [0.29, 0.717) is 23.3 Å². The predicted octanol–water partition coefficient (Wildman–Crippen LogP) is 7.50. The summed E-state index contributed by atoms with van der Waals surface area (Å²) in [4.78, 5) is 2.54. The Labute approximate surface area is 232 Å². The van der Waals surface area contributed by atoms with Gasteiger partial charge in [-0.15, -0.1) is 0 Å². The molecule has 4 rings (SSSR count). The molecule has 0 radical (unpaired) electrons. The number of hydrogen-bond acceptors (Lipinski definition) is 4. The molecular weight excluding hydrogens is 464 g/mol. The summed E-state index contributed by atoms with van der Waals surface area (Å²) in [5.74, 6) is 1.91. The average Bonchev–Trinajstić information content (AvgIpc) is 3.20. The van der Waals surface area contributed by atoms with E-state index < -0.39 is 0 Å². The van der Waals surface area contributed by atoms with Gasteiger partial charge in [-0.1, -0.05) is 116 Å². The molecule has 3 unspecified atom stereocenters. The van der Waals surface area contributed by atoms with E-state index in [4.69, 9.17) is 6.58 Å². The topological polar surface area (TPSA) is 51.1 Å². The van der Waals surface area contributed by atoms with E-state index in [-0.39, 0.29) is 22.9 Å². The normalized spacial score (nSPS) is 26.9. The summed E-state index contributed by atoms with van der Waals surface area (Å²) in [5, 5.41) is 17.9. The van der Waals surface area contributed by atoms with Crippen LogP contribution in [0.15, 0.2) is 67.2 Å². The third-order valence-corrected chi connectivity index (χ3v) is 9.93. The Balaban J connectivity index is 1.56. The standard InChI is InChI=1S/C34H50N4/c1-10-23(2)30-29-28(33(29,8)9)22-38(30)24(3)31(32(5,6)7)36-25(4)37-34(19-15-12-16-20-34)27(21-35)26-17-13-11-14-18-26/h11,13-14,17-18,27-31,36-37H,2-4,10,12,15-16,19-20,22H2,1,5-9H3/t27?,28-,29-,30?,31?/m0/s1. The second kappa shape index (κ2) is 10.5. The summed E-state index contributed by atoms with van der Waals surface area (Å²) >= 11 is 0. The zero-order chi connectivity index (χ0) is 27.9. The molecule has 3 aliphatic rings. The van der Waals surface area contributed by atoms with Crippen molar-refractivity contribution in [2.75, 3.05) is 6.54 Å². The van der Waals surface area contributed by atoms with Crippen molar-refractivity contribution in [1.29, 1.82) is 5.26 Å². The third-order valence-electron chi connectivity index (χ3n) is 9.93. The molecule has 206 valence electrons. The van der Waals surface area contributed by atoms with E-state index in [1.54, 1.807) is 0 Å². The number of piperidine rings is 1. The molecule has 0 spiro atoms. The highest BCUT2D eigenvalue weighted by atomic mass is 15.3. The molecule has 1 aromatic rings. The fourth-order valence-corrected chi connectivity index (χ4v) is 7.57. The molecule has 1 aliphatic heterocycles. The van der Waals surface area contributed by atoms with Gasteiger partial charge in [-0.25, -0.2) is 0 Å². The minimum absolute atomic E-state index is 0.00756. The van der Waals surface area contributed by atoms with Crippen molar-refractivity contribution < 1.29 is 0 Å². The molecule has 1 heterocycles.